The van der Waals surface area contributed by atoms with Crippen LogP contribution in [0.5, 0.6) is 0 Å². The summed E-state index contributed by atoms with van der Waals surface area (Å²) in [5.41, 5.74) is 6.38. The van der Waals surface area contributed by atoms with Crippen molar-refractivity contribution >= 4 is 29.1 Å². The largest absolute Gasteiger partial charge is 0.459 e. The third-order valence-corrected chi connectivity index (χ3v) is 2.95. The lowest BCUT2D eigenvalue weighted by Gasteiger charge is -2.11. The SMILES string of the molecule is C=C(NNC(=O)CNC(=O)c1ccco1)c1ccc(Cl)cc1. The molecular formula is C15H14ClN3O3. The maximum absolute atomic E-state index is 11.6. The second-order valence-corrected chi connectivity index (χ2v) is 4.76. The smallest absolute Gasteiger partial charge is 0.287 e. The highest BCUT2D eigenvalue weighted by Crippen LogP contribution is 2.13. The van der Waals surface area contributed by atoms with Crippen LogP contribution in [0.4, 0.5) is 0 Å². The summed E-state index contributed by atoms with van der Waals surface area (Å²) < 4.78 is 4.91. The van der Waals surface area contributed by atoms with Crippen molar-refractivity contribution in [1.29, 1.82) is 0 Å². The second kappa shape index (κ2) is 7.33. The van der Waals surface area contributed by atoms with E-state index in [1.54, 1.807) is 30.3 Å². The molecule has 114 valence electrons. The molecule has 1 aromatic carbocycles. The number of furan rings is 1. The molecule has 22 heavy (non-hydrogen) atoms. The van der Waals surface area contributed by atoms with Crippen LogP contribution in [0, 0.1) is 0 Å². The summed E-state index contributed by atoms with van der Waals surface area (Å²) in [4.78, 5) is 23.2. The van der Waals surface area contributed by atoms with E-state index < -0.39 is 11.8 Å². The predicted molar refractivity (Wildman–Crippen MR) is 82.8 cm³/mol. The number of hydrogen-bond acceptors (Lipinski definition) is 4. The third kappa shape index (κ3) is 4.39. The molecule has 0 atom stereocenters. The number of carbonyl (C=O) groups is 2. The average molecular weight is 320 g/mol. The van der Waals surface area contributed by atoms with Gasteiger partial charge in [0.2, 0.25) is 0 Å². The Hall–Kier alpha value is -2.73. The molecule has 0 radical (unpaired) electrons. The maximum atomic E-state index is 11.6. The van der Waals surface area contributed by atoms with Gasteiger partial charge in [0.15, 0.2) is 5.76 Å². The average Bonchev–Trinajstić information content (AvgIpc) is 3.05. The van der Waals surface area contributed by atoms with E-state index in [1.165, 1.54) is 12.3 Å². The van der Waals surface area contributed by atoms with Gasteiger partial charge in [-0.15, -0.1) is 0 Å². The van der Waals surface area contributed by atoms with E-state index in [4.69, 9.17) is 16.0 Å². The van der Waals surface area contributed by atoms with E-state index in [0.717, 1.165) is 5.56 Å². The van der Waals surface area contributed by atoms with Crippen LogP contribution in [0.25, 0.3) is 5.70 Å². The summed E-state index contributed by atoms with van der Waals surface area (Å²) in [5, 5.41) is 3.04. The van der Waals surface area contributed by atoms with Crippen molar-refractivity contribution < 1.29 is 14.0 Å². The highest BCUT2D eigenvalue weighted by molar-refractivity contribution is 6.30. The van der Waals surface area contributed by atoms with Gasteiger partial charge in [-0.25, -0.2) is 0 Å². The van der Waals surface area contributed by atoms with Crippen LogP contribution in [0.2, 0.25) is 5.02 Å². The summed E-state index contributed by atoms with van der Waals surface area (Å²) in [6.45, 7) is 3.60. The number of halogens is 1. The van der Waals surface area contributed by atoms with Gasteiger partial charge in [0.25, 0.3) is 11.8 Å². The number of hydrazine groups is 1. The number of benzene rings is 1. The minimum atomic E-state index is -0.461. The molecule has 0 spiro atoms. The maximum Gasteiger partial charge on any atom is 0.287 e. The molecule has 0 aliphatic carbocycles. The Labute approximate surface area is 132 Å². The lowest BCUT2D eigenvalue weighted by molar-refractivity contribution is -0.120. The second-order valence-electron chi connectivity index (χ2n) is 4.32. The highest BCUT2D eigenvalue weighted by atomic mass is 35.5. The molecule has 3 N–H and O–H groups in total. The van der Waals surface area contributed by atoms with Crippen molar-refractivity contribution in [2.45, 2.75) is 0 Å². The Morgan fingerprint density at radius 3 is 2.50 bits per heavy atom. The Kier molecular flexibility index (Phi) is 5.21. The van der Waals surface area contributed by atoms with Gasteiger partial charge in [0, 0.05) is 5.02 Å². The summed E-state index contributed by atoms with van der Waals surface area (Å²) in [6.07, 6.45) is 1.38. The van der Waals surface area contributed by atoms with Crippen molar-refractivity contribution in [3.05, 3.63) is 65.6 Å². The zero-order valence-corrected chi connectivity index (χ0v) is 12.3. The zero-order chi connectivity index (χ0) is 15.9. The molecule has 2 rings (SSSR count). The first-order valence-corrected chi connectivity index (χ1v) is 6.75. The van der Waals surface area contributed by atoms with Gasteiger partial charge in [-0.05, 0) is 29.8 Å². The van der Waals surface area contributed by atoms with Crippen molar-refractivity contribution in [3.63, 3.8) is 0 Å². The molecule has 6 nitrogen and oxygen atoms in total. The first-order valence-electron chi connectivity index (χ1n) is 6.37. The molecule has 1 aromatic heterocycles. The lowest BCUT2D eigenvalue weighted by atomic mass is 10.2. The van der Waals surface area contributed by atoms with Gasteiger partial charge >= 0.3 is 0 Å². The summed E-state index contributed by atoms with van der Waals surface area (Å²) in [7, 11) is 0. The molecule has 0 saturated heterocycles. The minimum absolute atomic E-state index is 0.145. The van der Waals surface area contributed by atoms with Gasteiger partial charge in [0.05, 0.1) is 18.5 Å². The minimum Gasteiger partial charge on any atom is -0.459 e. The molecule has 2 amide bonds. The molecule has 7 heteroatoms. The molecule has 0 unspecified atom stereocenters. The van der Waals surface area contributed by atoms with Gasteiger partial charge in [-0.1, -0.05) is 30.3 Å². The summed E-state index contributed by atoms with van der Waals surface area (Å²) in [6, 6.07) is 10.1. The van der Waals surface area contributed by atoms with Crippen molar-refractivity contribution in [2.24, 2.45) is 0 Å². The fourth-order valence-corrected chi connectivity index (χ4v) is 1.69. The molecular weight excluding hydrogens is 306 g/mol. The zero-order valence-electron chi connectivity index (χ0n) is 11.6. The number of carbonyl (C=O) groups excluding carboxylic acids is 2. The first kappa shape index (κ1) is 15.7. The van der Waals surface area contributed by atoms with Gasteiger partial charge in [0.1, 0.15) is 0 Å². The highest BCUT2D eigenvalue weighted by Gasteiger charge is 2.10. The number of nitrogens with one attached hydrogen (secondary N) is 3. The summed E-state index contributed by atoms with van der Waals surface area (Å²) in [5.74, 6) is -0.738. The van der Waals surface area contributed by atoms with Crippen molar-refractivity contribution in [1.82, 2.24) is 16.2 Å². The van der Waals surface area contributed by atoms with Gasteiger partial charge in [-0.2, -0.15) is 0 Å². The molecule has 0 aliphatic rings. The molecule has 0 saturated carbocycles. The topological polar surface area (TPSA) is 83.4 Å². The summed E-state index contributed by atoms with van der Waals surface area (Å²) >= 11 is 5.79. The standard InChI is InChI=1S/C15H14ClN3O3/c1-10(11-4-6-12(16)7-5-11)18-19-14(20)9-17-15(21)13-3-2-8-22-13/h2-8,18H,1,9H2,(H,17,21)(H,19,20). The fourth-order valence-electron chi connectivity index (χ4n) is 1.57. The Morgan fingerprint density at radius 1 is 1.14 bits per heavy atom. The van der Waals surface area contributed by atoms with E-state index in [1.807, 2.05) is 0 Å². The fraction of sp³-hybridized carbons (Fsp3) is 0.0667. The molecule has 2 aromatic rings. The number of hydrogen-bond donors (Lipinski definition) is 3. The third-order valence-electron chi connectivity index (χ3n) is 2.70. The van der Waals surface area contributed by atoms with Crippen molar-refractivity contribution in [2.75, 3.05) is 6.54 Å². The van der Waals surface area contributed by atoms with Crippen LogP contribution in [-0.2, 0) is 4.79 Å². The van der Waals surface area contributed by atoms with Gasteiger partial charge < -0.3 is 9.73 Å². The molecule has 1 heterocycles. The van der Waals surface area contributed by atoms with Crippen LogP contribution >= 0.6 is 11.6 Å². The Bertz CT molecular complexity index is 666. The number of rotatable bonds is 6. The van der Waals surface area contributed by atoms with E-state index in [2.05, 4.69) is 22.7 Å². The molecule has 0 bridgehead atoms. The van der Waals surface area contributed by atoms with E-state index in [9.17, 15) is 9.59 Å². The van der Waals surface area contributed by atoms with Crippen molar-refractivity contribution in [3.8, 4) is 0 Å². The van der Waals surface area contributed by atoms with Crippen LogP contribution in [-0.4, -0.2) is 18.4 Å². The lowest BCUT2D eigenvalue weighted by Crippen LogP contribution is -2.42. The Morgan fingerprint density at radius 2 is 1.86 bits per heavy atom. The monoisotopic (exact) mass is 319 g/mol. The molecule has 0 aliphatic heterocycles. The van der Waals surface area contributed by atoms with E-state index in [0.29, 0.717) is 10.7 Å². The van der Waals surface area contributed by atoms with E-state index >= 15 is 0 Å². The van der Waals surface area contributed by atoms with Crippen LogP contribution < -0.4 is 16.2 Å². The Balaban J connectivity index is 1.74. The molecule has 0 fully saturated rings. The number of amides is 2. The van der Waals surface area contributed by atoms with Crippen LogP contribution in [0.1, 0.15) is 16.1 Å². The quantitative estimate of drug-likeness (QED) is 0.711. The van der Waals surface area contributed by atoms with Crippen LogP contribution in [0.3, 0.4) is 0 Å². The predicted octanol–water partition coefficient (Wildman–Crippen LogP) is 1.95. The van der Waals surface area contributed by atoms with Gasteiger partial charge in [-0.3, -0.25) is 20.4 Å². The first-order chi connectivity index (χ1) is 10.6. The van der Waals surface area contributed by atoms with E-state index in [-0.39, 0.29) is 12.3 Å². The normalized spacial score (nSPS) is 9.86. The van der Waals surface area contributed by atoms with Crippen LogP contribution in [0.15, 0.2) is 53.7 Å².